The highest BCUT2D eigenvalue weighted by Crippen LogP contribution is 2.43. The van der Waals surface area contributed by atoms with Crippen molar-refractivity contribution in [3.8, 4) is 11.5 Å². The lowest BCUT2D eigenvalue weighted by Crippen LogP contribution is -2.24. The fourth-order valence-electron chi connectivity index (χ4n) is 3.31. The third-order valence-corrected chi connectivity index (χ3v) is 4.68. The summed E-state index contributed by atoms with van der Waals surface area (Å²) < 4.78 is 51.0. The highest BCUT2D eigenvalue weighted by molar-refractivity contribution is 5.48. The van der Waals surface area contributed by atoms with Gasteiger partial charge in [0.2, 0.25) is 0 Å². The molecule has 6 heteroatoms. The Morgan fingerprint density at radius 1 is 1.15 bits per heavy atom. The van der Waals surface area contributed by atoms with Crippen molar-refractivity contribution in [2.75, 3.05) is 27.2 Å². The van der Waals surface area contributed by atoms with Crippen LogP contribution in [-0.2, 0) is 6.18 Å². The fourth-order valence-corrected chi connectivity index (χ4v) is 3.31. The van der Waals surface area contributed by atoms with Crippen molar-refractivity contribution in [2.45, 2.75) is 31.5 Å². The van der Waals surface area contributed by atoms with Gasteiger partial charge in [-0.3, -0.25) is 0 Å². The first-order valence-electron chi connectivity index (χ1n) is 8.99. The molecule has 3 rings (SSSR count). The van der Waals surface area contributed by atoms with E-state index >= 15 is 0 Å². The Morgan fingerprint density at radius 3 is 2.63 bits per heavy atom. The van der Waals surface area contributed by atoms with Gasteiger partial charge in [0.1, 0.15) is 18.1 Å². The zero-order chi connectivity index (χ0) is 19.6. The first-order chi connectivity index (χ1) is 12.7. The summed E-state index contributed by atoms with van der Waals surface area (Å²) in [7, 11) is 3.95. The van der Waals surface area contributed by atoms with E-state index in [-0.39, 0.29) is 12.0 Å². The number of fused-ring (bicyclic) bond motifs is 1. The lowest BCUT2D eigenvalue weighted by molar-refractivity contribution is -0.137. The number of nitrogens with zero attached hydrogens (tertiary/aromatic N) is 1. The normalized spacial score (nSPS) is 19.5. The van der Waals surface area contributed by atoms with Crippen LogP contribution in [0.2, 0.25) is 0 Å². The summed E-state index contributed by atoms with van der Waals surface area (Å²) in [5.74, 6) is 1.24. The van der Waals surface area contributed by atoms with Crippen molar-refractivity contribution in [1.29, 1.82) is 0 Å². The predicted octanol–water partition coefficient (Wildman–Crippen LogP) is 4.95. The molecule has 3 nitrogen and oxygen atoms in total. The van der Waals surface area contributed by atoms with Crippen LogP contribution in [0, 0.1) is 0 Å². The van der Waals surface area contributed by atoms with Gasteiger partial charge in [0, 0.05) is 24.1 Å². The molecule has 1 heterocycles. The Balaban J connectivity index is 1.88. The molecular formula is C21H24F3NO2. The molecule has 0 radical (unpaired) electrons. The molecule has 146 valence electrons. The summed E-state index contributed by atoms with van der Waals surface area (Å²) >= 11 is 0. The smallest absolute Gasteiger partial charge is 0.416 e. The minimum atomic E-state index is -4.35. The van der Waals surface area contributed by atoms with E-state index in [1.807, 2.05) is 44.1 Å². The Hall–Kier alpha value is -2.21. The summed E-state index contributed by atoms with van der Waals surface area (Å²) in [5.41, 5.74) is 0.930. The van der Waals surface area contributed by atoms with E-state index in [0.717, 1.165) is 18.2 Å². The van der Waals surface area contributed by atoms with Crippen molar-refractivity contribution >= 4 is 0 Å². The first-order valence-corrected chi connectivity index (χ1v) is 8.99. The molecule has 2 aromatic rings. The second kappa shape index (κ2) is 7.80. The molecule has 0 saturated heterocycles. The number of hydrogen-bond acceptors (Lipinski definition) is 3. The molecule has 0 saturated carbocycles. The van der Waals surface area contributed by atoms with E-state index < -0.39 is 11.7 Å². The van der Waals surface area contributed by atoms with Gasteiger partial charge in [-0.2, -0.15) is 13.2 Å². The monoisotopic (exact) mass is 379 g/mol. The number of ether oxygens (including phenoxy) is 2. The van der Waals surface area contributed by atoms with E-state index in [1.165, 1.54) is 12.1 Å². The predicted molar refractivity (Wildman–Crippen MR) is 98.5 cm³/mol. The van der Waals surface area contributed by atoms with Crippen molar-refractivity contribution in [2.24, 2.45) is 0 Å². The van der Waals surface area contributed by atoms with Crippen LogP contribution in [0.1, 0.15) is 36.0 Å². The number of alkyl halides is 3. The zero-order valence-corrected chi connectivity index (χ0v) is 15.7. The number of benzene rings is 2. The molecule has 0 amide bonds. The average Bonchev–Trinajstić information content (AvgIpc) is 2.60. The number of rotatable bonds is 5. The Bertz CT molecular complexity index is 789. The molecule has 0 N–H and O–H groups in total. The van der Waals surface area contributed by atoms with Gasteiger partial charge in [-0.1, -0.05) is 24.3 Å². The lowest BCUT2D eigenvalue weighted by Gasteiger charge is -2.31. The summed E-state index contributed by atoms with van der Waals surface area (Å²) in [6.07, 6.45) is -3.80. The van der Waals surface area contributed by atoms with Gasteiger partial charge in [0.15, 0.2) is 0 Å². The first kappa shape index (κ1) is 19.5. The Morgan fingerprint density at radius 2 is 1.93 bits per heavy atom. The number of hydrogen-bond donors (Lipinski definition) is 0. The van der Waals surface area contributed by atoms with Crippen LogP contribution in [0.25, 0.3) is 0 Å². The standard InChI is InChI=1S/C21H24F3NO2/c1-14-11-19(15-5-4-6-16(12-15)21(22,23)24)18-8-7-17(13-20(18)27-14)26-10-9-25(2)3/h4-8,12-14,19H,9-11H2,1-3H3. The minimum absolute atomic E-state index is 0.0888. The van der Waals surface area contributed by atoms with E-state index in [0.29, 0.717) is 30.1 Å². The zero-order valence-electron chi connectivity index (χ0n) is 15.7. The van der Waals surface area contributed by atoms with E-state index in [2.05, 4.69) is 0 Å². The molecule has 0 fully saturated rings. The quantitative estimate of drug-likeness (QED) is 0.734. The van der Waals surface area contributed by atoms with Gasteiger partial charge in [-0.25, -0.2) is 0 Å². The maximum absolute atomic E-state index is 13.1. The maximum Gasteiger partial charge on any atom is 0.416 e. The minimum Gasteiger partial charge on any atom is -0.492 e. The summed E-state index contributed by atoms with van der Waals surface area (Å²) in [6.45, 7) is 3.28. The van der Waals surface area contributed by atoms with Crippen LogP contribution in [0.5, 0.6) is 11.5 Å². The average molecular weight is 379 g/mol. The fraction of sp³-hybridized carbons (Fsp3) is 0.429. The molecule has 27 heavy (non-hydrogen) atoms. The second-order valence-corrected chi connectivity index (χ2v) is 7.19. The van der Waals surface area contributed by atoms with Crippen molar-refractivity contribution in [3.05, 3.63) is 59.2 Å². The second-order valence-electron chi connectivity index (χ2n) is 7.19. The highest BCUT2D eigenvalue weighted by atomic mass is 19.4. The topological polar surface area (TPSA) is 21.7 Å². The third kappa shape index (κ3) is 4.75. The van der Waals surface area contributed by atoms with Crippen LogP contribution in [0.3, 0.4) is 0 Å². The molecule has 2 unspecified atom stereocenters. The van der Waals surface area contributed by atoms with Crippen LogP contribution >= 0.6 is 0 Å². The molecule has 0 bridgehead atoms. The van der Waals surface area contributed by atoms with E-state index in [1.54, 1.807) is 6.07 Å². The van der Waals surface area contributed by atoms with Gasteiger partial charge in [-0.15, -0.1) is 0 Å². The van der Waals surface area contributed by atoms with Gasteiger partial charge in [0.05, 0.1) is 11.7 Å². The maximum atomic E-state index is 13.1. The van der Waals surface area contributed by atoms with Crippen LogP contribution in [0.15, 0.2) is 42.5 Å². The van der Waals surface area contributed by atoms with E-state index in [4.69, 9.17) is 9.47 Å². The molecule has 0 aliphatic carbocycles. The molecule has 2 aromatic carbocycles. The Kier molecular flexibility index (Phi) is 5.65. The van der Waals surface area contributed by atoms with Gasteiger partial charge >= 0.3 is 6.18 Å². The largest absolute Gasteiger partial charge is 0.492 e. The van der Waals surface area contributed by atoms with Crippen molar-refractivity contribution in [1.82, 2.24) is 4.90 Å². The third-order valence-electron chi connectivity index (χ3n) is 4.68. The summed E-state index contributed by atoms with van der Waals surface area (Å²) in [5, 5.41) is 0. The molecular weight excluding hydrogens is 355 g/mol. The van der Waals surface area contributed by atoms with Crippen molar-refractivity contribution in [3.63, 3.8) is 0 Å². The van der Waals surface area contributed by atoms with E-state index in [9.17, 15) is 13.2 Å². The summed E-state index contributed by atoms with van der Waals surface area (Å²) in [4.78, 5) is 2.03. The molecule has 0 spiro atoms. The van der Waals surface area contributed by atoms with Crippen LogP contribution in [-0.4, -0.2) is 38.3 Å². The number of halogens is 3. The molecule has 0 aromatic heterocycles. The lowest BCUT2D eigenvalue weighted by atomic mass is 9.84. The number of likely N-dealkylation sites (N-methyl/N-ethyl adjacent to an activating group) is 1. The van der Waals surface area contributed by atoms with Crippen molar-refractivity contribution < 1.29 is 22.6 Å². The van der Waals surface area contributed by atoms with Gasteiger partial charge in [-0.05, 0) is 45.1 Å². The summed E-state index contributed by atoms with van der Waals surface area (Å²) in [6, 6.07) is 11.2. The highest BCUT2D eigenvalue weighted by Gasteiger charge is 2.33. The molecule has 1 aliphatic heterocycles. The van der Waals surface area contributed by atoms with Crippen LogP contribution in [0.4, 0.5) is 13.2 Å². The molecule has 2 atom stereocenters. The van der Waals surface area contributed by atoms with Gasteiger partial charge in [0.25, 0.3) is 0 Å². The van der Waals surface area contributed by atoms with Gasteiger partial charge < -0.3 is 14.4 Å². The molecule has 1 aliphatic rings. The Labute approximate surface area is 157 Å². The SMILES string of the molecule is CC1CC(c2cccc(C(F)(F)F)c2)c2ccc(OCCN(C)C)cc2O1. The van der Waals surface area contributed by atoms with Crippen LogP contribution < -0.4 is 9.47 Å².